The number of terminal acetylenes is 1. The van der Waals surface area contributed by atoms with Crippen LogP contribution in [0.5, 0.6) is 0 Å². The molecule has 0 unspecified atom stereocenters. The van der Waals surface area contributed by atoms with E-state index in [4.69, 9.17) is 6.42 Å². The first-order chi connectivity index (χ1) is 12.0. The van der Waals surface area contributed by atoms with Crippen molar-refractivity contribution in [3.8, 4) is 12.3 Å². The summed E-state index contributed by atoms with van der Waals surface area (Å²) in [7, 11) is 0. The lowest BCUT2D eigenvalue weighted by Crippen LogP contribution is -2.56. The molecular weight excluding hydrogens is 320 g/mol. The van der Waals surface area contributed by atoms with E-state index in [1.165, 1.54) is 38.5 Å². The lowest BCUT2D eigenvalue weighted by atomic mass is 9.43. The minimum Gasteiger partial charge on any atom is -0.390 e. The van der Waals surface area contributed by atoms with Crippen LogP contribution in [-0.4, -0.2) is 21.4 Å². The van der Waals surface area contributed by atoms with Crippen molar-refractivity contribution in [2.75, 3.05) is 0 Å². The van der Waals surface area contributed by atoms with Crippen LogP contribution in [0.2, 0.25) is 0 Å². The van der Waals surface area contributed by atoms with Crippen LogP contribution in [0.25, 0.3) is 0 Å². The maximum atomic E-state index is 10.8. The second-order valence-electron chi connectivity index (χ2n) is 11.4. The van der Waals surface area contributed by atoms with Gasteiger partial charge in [0.05, 0.1) is 5.60 Å². The normalized spacial score (nSPS) is 54.0. The minimum atomic E-state index is -0.862. The molecule has 26 heavy (non-hydrogen) atoms. The van der Waals surface area contributed by atoms with Gasteiger partial charge in [0.2, 0.25) is 0 Å². The summed E-state index contributed by atoms with van der Waals surface area (Å²) >= 11 is 0. The van der Waals surface area contributed by atoms with Gasteiger partial charge in [0.1, 0.15) is 5.60 Å². The van der Waals surface area contributed by atoms with Crippen molar-refractivity contribution in [2.24, 2.45) is 40.4 Å². The van der Waals surface area contributed by atoms with Gasteiger partial charge in [0, 0.05) is 0 Å². The van der Waals surface area contributed by atoms with Crippen LogP contribution >= 0.6 is 0 Å². The molecule has 146 valence electrons. The molecule has 0 aromatic rings. The van der Waals surface area contributed by atoms with Crippen LogP contribution in [0, 0.1) is 52.8 Å². The predicted molar refractivity (Wildman–Crippen MR) is 105 cm³/mol. The second-order valence-corrected chi connectivity index (χ2v) is 11.4. The van der Waals surface area contributed by atoms with Crippen molar-refractivity contribution in [2.45, 2.75) is 96.7 Å². The topological polar surface area (TPSA) is 40.5 Å². The Balaban J connectivity index is 1.60. The van der Waals surface area contributed by atoms with Crippen LogP contribution in [0.1, 0.15) is 85.5 Å². The molecule has 0 aliphatic heterocycles. The van der Waals surface area contributed by atoms with E-state index in [9.17, 15) is 10.2 Å². The van der Waals surface area contributed by atoms with E-state index in [1.807, 2.05) is 13.8 Å². The van der Waals surface area contributed by atoms with E-state index in [1.54, 1.807) is 0 Å². The first kappa shape index (κ1) is 18.8. The number of fused-ring (bicyclic) bond motifs is 5. The number of hydrogen-bond acceptors (Lipinski definition) is 2. The Kier molecular flexibility index (Phi) is 4.16. The van der Waals surface area contributed by atoms with Crippen LogP contribution in [0.3, 0.4) is 0 Å². The Labute approximate surface area is 160 Å². The third-order valence-corrected chi connectivity index (χ3v) is 9.85. The standard InChI is InChI=1S/C24H38O2/c1-6-24(26)14-13-22(4)16(15-24)7-8-17-18-9-10-20(21(2,3)25)23(18,5)12-11-19(17)22/h1,16-20,25-26H,7-15H2,2-5H3/t16-,17+,18+,19+,20-,22+,23+,24-/m1/s1. The van der Waals surface area contributed by atoms with Crippen LogP contribution in [0.4, 0.5) is 0 Å². The Morgan fingerprint density at radius 2 is 1.62 bits per heavy atom. The molecule has 4 fully saturated rings. The van der Waals surface area contributed by atoms with Gasteiger partial charge in [-0.2, -0.15) is 0 Å². The van der Waals surface area contributed by atoms with Crippen molar-refractivity contribution in [3.63, 3.8) is 0 Å². The summed E-state index contributed by atoms with van der Waals surface area (Å²) in [5.41, 5.74) is -0.776. The predicted octanol–water partition coefficient (Wildman–Crippen LogP) is 4.78. The minimum absolute atomic E-state index is 0.302. The van der Waals surface area contributed by atoms with Crippen LogP contribution in [-0.2, 0) is 0 Å². The maximum absolute atomic E-state index is 10.8. The SMILES string of the molecule is C#C[C@@]1(O)CC[C@@]2(C)[C@H](CC[C@@H]3[C@@H]2CC[C@]2(C)[C@@H](C(C)(C)O)CC[C@@H]32)C1. The van der Waals surface area contributed by atoms with Gasteiger partial charge in [-0.15, -0.1) is 6.42 Å². The fraction of sp³-hybridized carbons (Fsp3) is 0.917. The molecule has 0 radical (unpaired) electrons. The van der Waals surface area contributed by atoms with Gasteiger partial charge in [-0.1, -0.05) is 19.8 Å². The zero-order chi connectivity index (χ0) is 19.0. The molecule has 0 saturated heterocycles. The van der Waals surface area contributed by atoms with Crippen molar-refractivity contribution in [1.82, 2.24) is 0 Å². The molecule has 4 aliphatic carbocycles. The Hall–Kier alpha value is -0.520. The highest BCUT2D eigenvalue weighted by Gasteiger charge is 2.62. The summed E-state index contributed by atoms with van der Waals surface area (Å²) < 4.78 is 0. The fourth-order valence-corrected chi connectivity index (χ4v) is 8.54. The molecule has 2 nitrogen and oxygen atoms in total. The highest BCUT2D eigenvalue weighted by atomic mass is 16.3. The van der Waals surface area contributed by atoms with Gasteiger partial charge in [-0.25, -0.2) is 0 Å². The van der Waals surface area contributed by atoms with E-state index >= 15 is 0 Å². The average molecular weight is 359 g/mol. The smallest absolute Gasteiger partial charge is 0.125 e. The number of rotatable bonds is 1. The molecule has 2 heteroatoms. The quantitative estimate of drug-likeness (QED) is 0.662. The second kappa shape index (κ2) is 5.74. The zero-order valence-electron chi connectivity index (χ0n) is 17.2. The molecule has 0 aromatic heterocycles. The Morgan fingerprint density at radius 3 is 2.27 bits per heavy atom. The van der Waals surface area contributed by atoms with Crippen LogP contribution in [0.15, 0.2) is 0 Å². The van der Waals surface area contributed by atoms with E-state index in [-0.39, 0.29) is 0 Å². The molecule has 4 aliphatic rings. The Bertz CT molecular complexity index is 613. The summed E-state index contributed by atoms with van der Waals surface area (Å²) in [5, 5.41) is 21.5. The van der Waals surface area contributed by atoms with Gasteiger partial charge in [0.15, 0.2) is 0 Å². The van der Waals surface area contributed by atoms with E-state index in [0.717, 1.165) is 37.0 Å². The summed E-state index contributed by atoms with van der Waals surface area (Å²) in [5.74, 6) is 6.06. The van der Waals surface area contributed by atoms with Crippen LogP contribution < -0.4 is 0 Å². The van der Waals surface area contributed by atoms with Crippen molar-refractivity contribution in [3.05, 3.63) is 0 Å². The molecule has 0 bridgehead atoms. The molecule has 0 spiro atoms. The van der Waals surface area contributed by atoms with Gasteiger partial charge >= 0.3 is 0 Å². The van der Waals surface area contributed by atoms with Crippen molar-refractivity contribution >= 4 is 0 Å². The van der Waals surface area contributed by atoms with Crippen molar-refractivity contribution in [1.29, 1.82) is 0 Å². The molecule has 8 atom stereocenters. The molecule has 4 saturated carbocycles. The fourth-order valence-electron chi connectivity index (χ4n) is 8.54. The largest absolute Gasteiger partial charge is 0.390 e. The van der Waals surface area contributed by atoms with Crippen molar-refractivity contribution < 1.29 is 10.2 Å². The average Bonchev–Trinajstić information content (AvgIpc) is 2.93. The molecule has 0 amide bonds. The number of aliphatic hydroxyl groups is 2. The highest BCUT2D eigenvalue weighted by Crippen LogP contribution is 2.68. The first-order valence-corrected chi connectivity index (χ1v) is 11.0. The summed E-state index contributed by atoms with van der Waals surface area (Å²) in [4.78, 5) is 0. The Morgan fingerprint density at radius 1 is 0.923 bits per heavy atom. The van der Waals surface area contributed by atoms with E-state index in [2.05, 4.69) is 19.8 Å². The summed E-state index contributed by atoms with van der Waals surface area (Å²) in [6.07, 6.45) is 15.9. The molecule has 0 heterocycles. The van der Waals surface area contributed by atoms with Gasteiger partial charge < -0.3 is 10.2 Å². The summed E-state index contributed by atoms with van der Waals surface area (Å²) in [6, 6.07) is 0. The molecule has 0 aromatic carbocycles. The molecule has 4 rings (SSSR count). The lowest BCUT2D eigenvalue weighted by molar-refractivity contribution is -0.149. The van der Waals surface area contributed by atoms with E-state index in [0.29, 0.717) is 22.7 Å². The van der Waals surface area contributed by atoms with Gasteiger partial charge in [-0.3, -0.25) is 0 Å². The zero-order valence-corrected chi connectivity index (χ0v) is 17.2. The maximum Gasteiger partial charge on any atom is 0.125 e. The lowest BCUT2D eigenvalue weighted by Gasteiger charge is -2.62. The first-order valence-electron chi connectivity index (χ1n) is 11.0. The molecule has 2 N–H and O–H groups in total. The third-order valence-electron chi connectivity index (χ3n) is 9.85. The monoisotopic (exact) mass is 358 g/mol. The summed E-state index contributed by atoms with van der Waals surface area (Å²) in [6.45, 7) is 9.04. The molecular formula is C24H38O2. The number of hydrogen-bond donors (Lipinski definition) is 2. The van der Waals surface area contributed by atoms with Gasteiger partial charge in [0.25, 0.3) is 0 Å². The van der Waals surface area contributed by atoms with E-state index < -0.39 is 11.2 Å². The van der Waals surface area contributed by atoms with Gasteiger partial charge in [-0.05, 0) is 112 Å². The highest BCUT2D eigenvalue weighted by molar-refractivity contribution is 5.16. The third kappa shape index (κ3) is 2.53.